The van der Waals surface area contributed by atoms with Gasteiger partial charge in [0.15, 0.2) is 23.1 Å². The number of hydrogen-bond acceptors (Lipinski definition) is 6. The van der Waals surface area contributed by atoms with E-state index in [0.29, 0.717) is 25.2 Å². The quantitative estimate of drug-likeness (QED) is 0.637. The normalized spacial score (nSPS) is 19.3. The summed E-state index contributed by atoms with van der Waals surface area (Å²) >= 11 is 0. The lowest BCUT2D eigenvalue weighted by molar-refractivity contribution is -0.119. The summed E-state index contributed by atoms with van der Waals surface area (Å²) in [7, 11) is 1.51. The topological polar surface area (TPSA) is 82.8 Å². The second-order valence-corrected chi connectivity index (χ2v) is 7.04. The molecule has 1 aromatic carbocycles. The van der Waals surface area contributed by atoms with Gasteiger partial charge < -0.3 is 24.1 Å². The first-order valence-corrected chi connectivity index (χ1v) is 9.38. The summed E-state index contributed by atoms with van der Waals surface area (Å²) in [5.41, 5.74) is 0.736. The lowest BCUT2D eigenvalue weighted by atomic mass is 9.80. The Morgan fingerprint density at radius 2 is 1.97 bits per heavy atom. The molecule has 1 heterocycles. The van der Waals surface area contributed by atoms with Gasteiger partial charge in [-0.3, -0.25) is 4.79 Å². The highest BCUT2D eigenvalue weighted by atomic mass is 19.1. The van der Waals surface area contributed by atoms with Gasteiger partial charge in [0.05, 0.1) is 18.3 Å². The van der Waals surface area contributed by atoms with Crippen molar-refractivity contribution < 1.29 is 32.3 Å². The molecule has 2 aromatic rings. The standard InChI is InChI=1S/C20H24F2N2O5/c1-11(23-12(2)25)19-10-18(24-29-19)13-6-15(7-13)28-20-16(21)8-14(9-17(20)22)27-5-4-26-3/h8-11,13,15H,4-7H2,1-3H3,(H,23,25)/t11-,13?,15?/m0/s1. The van der Waals surface area contributed by atoms with Crippen LogP contribution in [0.1, 0.15) is 50.1 Å². The summed E-state index contributed by atoms with van der Waals surface area (Å²) in [5.74, 6) is -1.48. The van der Waals surface area contributed by atoms with Gasteiger partial charge in [0.1, 0.15) is 18.5 Å². The van der Waals surface area contributed by atoms with Crippen LogP contribution in [0.5, 0.6) is 11.5 Å². The molecular formula is C20H24F2N2O5. The monoisotopic (exact) mass is 410 g/mol. The van der Waals surface area contributed by atoms with Crippen LogP contribution < -0.4 is 14.8 Å². The molecule has 1 aliphatic carbocycles. The molecule has 1 saturated carbocycles. The van der Waals surface area contributed by atoms with Crippen molar-refractivity contribution in [2.45, 2.75) is 44.8 Å². The first-order chi connectivity index (χ1) is 13.9. The Balaban J connectivity index is 1.54. The number of amides is 1. The van der Waals surface area contributed by atoms with E-state index in [1.54, 1.807) is 13.0 Å². The maximum absolute atomic E-state index is 14.2. The zero-order chi connectivity index (χ0) is 21.0. The Bertz CT molecular complexity index is 828. The minimum Gasteiger partial charge on any atom is -0.491 e. The van der Waals surface area contributed by atoms with Gasteiger partial charge in [-0.2, -0.15) is 0 Å². The van der Waals surface area contributed by atoms with E-state index < -0.39 is 17.4 Å². The number of carbonyl (C=O) groups excluding carboxylic acids is 1. The first-order valence-electron chi connectivity index (χ1n) is 9.38. The predicted molar refractivity (Wildman–Crippen MR) is 98.9 cm³/mol. The summed E-state index contributed by atoms with van der Waals surface area (Å²) in [4.78, 5) is 11.1. The van der Waals surface area contributed by atoms with Crippen LogP contribution in [0.3, 0.4) is 0 Å². The Morgan fingerprint density at radius 3 is 2.59 bits per heavy atom. The fourth-order valence-corrected chi connectivity index (χ4v) is 3.12. The molecule has 158 valence electrons. The first kappa shape index (κ1) is 21.0. The van der Waals surface area contributed by atoms with Crippen LogP contribution in [0, 0.1) is 11.6 Å². The minimum atomic E-state index is -0.811. The lowest BCUT2D eigenvalue weighted by Crippen LogP contribution is -2.33. The van der Waals surface area contributed by atoms with Crippen LogP contribution in [-0.4, -0.2) is 37.5 Å². The number of halogens is 2. The summed E-state index contributed by atoms with van der Waals surface area (Å²) in [6.07, 6.45) is 0.800. The molecule has 1 amide bonds. The maximum Gasteiger partial charge on any atom is 0.217 e. The average Bonchev–Trinajstić information content (AvgIpc) is 3.09. The fraction of sp³-hybridized carbons (Fsp3) is 0.500. The summed E-state index contributed by atoms with van der Waals surface area (Å²) in [6.45, 7) is 3.74. The van der Waals surface area contributed by atoms with Crippen molar-refractivity contribution in [1.82, 2.24) is 10.5 Å². The summed E-state index contributed by atoms with van der Waals surface area (Å²) in [6, 6.07) is 3.69. The molecule has 3 rings (SSSR count). The third-order valence-corrected chi connectivity index (χ3v) is 4.72. The van der Waals surface area contributed by atoms with E-state index >= 15 is 0 Å². The van der Waals surface area contributed by atoms with Crippen molar-refractivity contribution in [2.75, 3.05) is 20.3 Å². The molecule has 1 fully saturated rings. The molecule has 0 radical (unpaired) electrons. The molecule has 1 aromatic heterocycles. The third-order valence-electron chi connectivity index (χ3n) is 4.72. The van der Waals surface area contributed by atoms with E-state index in [1.165, 1.54) is 14.0 Å². The van der Waals surface area contributed by atoms with Crippen LogP contribution in [0.4, 0.5) is 8.78 Å². The van der Waals surface area contributed by atoms with Gasteiger partial charge in [-0.25, -0.2) is 8.78 Å². The molecule has 0 bridgehead atoms. The van der Waals surface area contributed by atoms with E-state index in [-0.39, 0.29) is 36.3 Å². The summed E-state index contributed by atoms with van der Waals surface area (Å²) in [5, 5.41) is 6.76. The molecule has 1 atom stereocenters. The molecule has 0 aliphatic heterocycles. The molecule has 1 N–H and O–H groups in total. The van der Waals surface area contributed by atoms with Crippen molar-refractivity contribution in [2.24, 2.45) is 0 Å². The zero-order valence-corrected chi connectivity index (χ0v) is 16.5. The van der Waals surface area contributed by atoms with Crippen molar-refractivity contribution in [3.05, 3.63) is 41.3 Å². The van der Waals surface area contributed by atoms with Crippen LogP contribution >= 0.6 is 0 Å². The van der Waals surface area contributed by atoms with Gasteiger partial charge in [-0.05, 0) is 19.8 Å². The van der Waals surface area contributed by atoms with Gasteiger partial charge in [-0.15, -0.1) is 0 Å². The van der Waals surface area contributed by atoms with E-state index in [1.807, 2.05) is 0 Å². The van der Waals surface area contributed by atoms with Crippen LogP contribution in [0.2, 0.25) is 0 Å². The van der Waals surface area contributed by atoms with Crippen molar-refractivity contribution in [3.8, 4) is 11.5 Å². The SMILES string of the molecule is COCCOc1cc(F)c(OC2CC(c3cc([C@H](C)NC(C)=O)on3)C2)c(F)c1. The minimum absolute atomic E-state index is 0.0739. The van der Waals surface area contributed by atoms with Gasteiger partial charge in [0, 0.05) is 38.2 Å². The number of ether oxygens (including phenoxy) is 3. The highest BCUT2D eigenvalue weighted by molar-refractivity contribution is 5.73. The van der Waals surface area contributed by atoms with Gasteiger partial charge in [-0.1, -0.05) is 5.16 Å². The van der Waals surface area contributed by atoms with E-state index in [4.69, 9.17) is 18.7 Å². The molecule has 0 unspecified atom stereocenters. The van der Waals surface area contributed by atoms with Crippen LogP contribution in [0.15, 0.2) is 22.7 Å². The van der Waals surface area contributed by atoms with Crippen LogP contribution in [0.25, 0.3) is 0 Å². The molecule has 0 spiro atoms. The van der Waals surface area contributed by atoms with Gasteiger partial charge in [0.2, 0.25) is 5.91 Å². The Labute approximate surface area is 167 Å². The largest absolute Gasteiger partial charge is 0.491 e. The molecule has 9 heteroatoms. The fourth-order valence-electron chi connectivity index (χ4n) is 3.12. The number of nitrogens with zero attached hydrogens (tertiary/aromatic N) is 1. The average molecular weight is 410 g/mol. The predicted octanol–water partition coefficient (Wildman–Crippen LogP) is 3.50. The lowest BCUT2D eigenvalue weighted by Gasteiger charge is -2.34. The molecule has 29 heavy (non-hydrogen) atoms. The number of hydrogen-bond donors (Lipinski definition) is 1. The number of aromatic nitrogens is 1. The second kappa shape index (κ2) is 9.21. The van der Waals surface area contributed by atoms with Gasteiger partial charge in [0.25, 0.3) is 0 Å². The molecular weight excluding hydrogens is 386 g/mol. The smallest absolute Gasteiger partial charge is 0.217 e. The highest BCUT2D eigenvalue weighted by Gasteiger charge is 2.35. The highest BCUT2D eigenvalue weighted by Crippen LogP contribution is 2.40. The van der Waals surface area contributed by atoms with E-state index in [2.05, 4.69) is 10.5 Å². The zero-order valence-electron chi connectivity index (χ0n) is 16.5. The number of carbonyl (C=O) groups is 1. The van der Waals surface area contributed by atoms with E-state index in [9.17, 15) is 13.6 Å². The Morgan fingerprint density at radius 1 is 1.28 bits per heavy atom. The Kier molecular flexibility index (Phi) is 6.68. The number of rotatable bonds is 9. The third kappa shape index (κ3) is 5.23. The van der Waals surface area contributed by atoms with Crippen molar-refractivity contribution >= 4 is 5.91 Å². The number of methoxy groups -OCH3 is 1. The molecule has 1 aliphatic rings. The summed E-state index contributed by atoms with van der Waals surface area (Å²) < 4.78 is 49.3. The van der Waals surface area contributed by atoms with Crippen LogP contribution in [-0.2, 0) is 9.53 Å². The van der Waals surface area contributed by atoms with Gasteiger partial charge >= 0.3 is 0 Å². The molecule has 7 nitrogen and oxygen atoms in total. The second-order valence-electron chi connectivity index (χ2n) is 7.04. The number of nitrogens with one attached hydrogen (secondary N) is 1. The van der Waals surface area contributed by atoms with Crippen molar-refractivity contribution in [3.63, 3.8) is 0 Å². The Hall–Kier alpha value is -2.68. The number of benzene rings is 1. The van der Waals surface area contributed by atoms with Crippen molar-refractivity contribution in [1.29, 1.82) is 0 Å². The van der Waals surface area contributed by atoms with E-state index in [0.717, 1.165) is 17.8 Å². The molecule has 0 saturated heterocycles. The maximum atomic E-state index is 14.2.